The van der Waals surface area contributed by atoms with Crippen LogP contribution in [0.5, 0.6) is 0 Å². The lowest BCUT2D eigenvalue weighted by atomic mass is 9.92. The molecule has 0 amide bonds. The molecule has 1 rings (SSSR count). The summed E-state index contributed by atoms with van der Waals surface area (Å²) in [5.41, 5.74) is -0.276. The Morgan fingerprint density at radius 2 is 1.94 bits per heavy atom. The molecule has 0 N–H and O–H groups in total. The Hall–Kier alpha value is -1.09. The van der Waals surface area contributed by atoms with E-state index in [1.165, 1.54) is 14.2 Å². The predicted molar refractivity (Wildman–Crippen MR) is 65.3 cm³/mol. The fourth-order valence-corrected chi connectivity index (χ4v) is 2.31. The van der Waals surface area contributed by atoms with E-state index in [0.717, 1.165) is 11.8 Å². The lowest BCUT2D eigenvalue weighted by Gasteiger charge is -2.25. The summed E-state index contributed by atoms with van der Waals surface area (Å²) in [5.74, 6) is 0. The van der Waals surface area contributed by atoms with Gasteiger partial charge in [-0.2, -0.15) is 0 Å². The molecule has 17 heavy (non-hydrogen) atoms. The van der Waals surface area contributed by atoms with Crippen molar-refractivity contribution < 1.29 is 18.6 Å². The molecule has 0 saturated heterocycles. The van der Waals surface area contributed by atoms with Gasteiger partial charge in [-0.3, -0.25) is 4.79 Å². The summed E-state index contributed by atoms with van der Waals surface area (Å²) in [4.78, 5) is 11.3. The van der Waals surface area contributed by atoms with Crippen LogP contribution in [0.1, 0.15) is 12.0 Å². The first-order valence-corrected chi connectivity index (χ1v) is 6.60. The molecule has 2 unspecified atom stereocenters. The molecule has 1 aromatic carbocycles. The van der Waals surface area contributed by atoms with Gasteiger partial charge in [-0.05, 0) is 10.1 Å². The predicted octanol–water partition coefficient (Wildman–Crippen LogP) is 2.51. The summed E-state index contributed by atoms with van der Waals surface area (Å²) >= 11 is 0. The average Bonchev–Trinajstić information content (AvgIpc) is 2.41. The molecule has 92 valence electrons. The number of hydrogen-bond acceptors (Lipinski definition) is 4. The van der Waals surface area contributed by atoms with E-state index in [-0.39, 0.29) is 6.16 Å². The van der Waals surface area contributed by atoms with Gasteiger partial charge < -0.3 is 4.74 Å². The molecule has 0 aliphatic heterocycles. The van der Waals surface area contributed by atoms with Gasteiger partial charge in [-0.15, -0.1) is 4.52 Å². The van der Waals surface area contributed by atoms with Crippen LogP contribution in [0.15, 0.2) is 30.3 Å². The maximum Gasteiger partial charge on any atom is 0.507 e. The topological polar surface area (TPSA) is 52.6 Å². The number of carbonyl (C=O) groups is 1. The van der Waals surface area contributed by atoms with E-state index in [1.807, 2.05) is 30.3 Å². The molecule has 0 radical (unpaired) electrons. The molecule has 0 spiro atoms. The van der Waals surface area contributed by atoms with E-state index in [4.69, 9.17) is 9.26 Å². The molecule has 0 fully saturated rings. The third-order valence-electron chi connectivity index (χ3n) is 2.69. The number of rotatable bonds is 7. The second-order valence-corrected chi connectivity index (χ2v) is 5.04. The molecule has 0 aromatic heterocycles. The van der Waals surface area contributed by atoms with Crippen molar-refractivity contribution in [3.63, 3.8) is 0 Å². The van der Waals surface area contributed by atoms with Gasteiger partial charge in [0.1, 0.15) is 0 Å². The molecule has 0 saturated carbocycles. The van der Waals surface area contributed by atoms with Gasteiger partial charge in [0, 0.05) is 13.5 Å². The van der Waals surface area contributed by atoms with Crippen LogP contribution in [0, 0.1) is 0 Å². The minimum atomic E-state index is -1.73. The highest BCUT2D eigenvalue weighted by Crippen LogP contribution is 2.32. The van der Waals surface area contributed by atoms with E-state index < -0.39 is 13.6 Å². The van der Waals surface area contributed by atoms with Gasteiger partial charge >= 0.3 is 8.03 Å². The van der Waals surface area contributed by atoms with Crippen LogP contribution in [0.2, 0.25) is 0 Å². The lowest BCUT2D eigenvalue weighted by molar-refractivity contribution is -0.129. The van der Waals surface area contributed by atoms with Gasteiger partial charge in [-0.25, -0.2) is 0 Å². The molecular weight excluding hydrogens is 239 g/mol. The van der Waals surface area contributed by atoms with Crippen LogP contribution >= 0.6 is 8.03 Å². The van der Waals surface area contributed by atoms with E-state index in [0.29, 0.717) is 6.42 Å². The van der Waals surface area contributed by atoms with Crippen molar-refractivity contribution in [2.75, 3.05) is 20.4 Å². The molecule has 2 atom stereocenters. The number of methoxy groups -OCH3 is 1. The number of ether oxygens (including phenoxy) is 1. The summed E-state index contributed by atoms with van der Waals surface area (Å²) in [7, 11) is 1.13. The van der Waals surface area contributed by atoms with E-state index in [9.17, 15) is 9.36 Å². The third kappa shape index (κ3) is 3.43. The molecular formula is C12H16O4P+. The molecule has 0 aliphatic carbocycles. The summed E-state index contributed by atoms with van der Waals surface area (Å²) in [6, 6.07) is 9.17. The van der Waals surface area contributed by atoms with Crippen LogP contribution in [-0.4, -0.2) is 26.7 Å². The minimum Gasteiger partial charge on any atom is -0.366 e. The smallest absolute Gasteiger partial charge is 0.366 e. The van der Waals surface area contributed by atoms with Crippen LogP contribution in [0.25, 0.3) is 0 Å². The van der Waals surface area contributed by atoms with Gasteiger partial charge in [0.05, 0.1) is 7.11 Å². The Kier molecular flexibility index (Phi) is 5.42. The van der Waals surface area contributed by atoms with Crippen molar-refractivity contribution in [3.8, 4) is 0 Å². The highest BCUT2D eigenvalue weighted by Gasteiger charge is 2.35. The van der Waals surface area contributed by atoms with E-state index >= 15 is 0 Å². The summed E-state index contributed by atoms with van der Waals surface area (Å²) < 4.78 is 21.3. The quantitative estimate of drug-likeness (QED) is 0.555. The Bertz CT molecular complexity index is 379. The van der Waals surface area contributed by atoms with Gasteiger partial charge in [0.25, 0.3) is 0 Å². The van der Waals surface area contributed by atoms with Gasteiger partial charge in [-0.1, -0.05) is 30.3 Å². The normalized spacial score (nSPS) is 15.1. The number of hydrogen-bond donors (Lipinski definition) is 0. The van der Waals surface area contributed by atoms with Crippen molar-refractivity contribution in [2.45, 2.75) is 12.0 Å². The van der Waals surface area contributed by atoms with Crippen LogP contribution in [-0.2, 0) is 24.2 Å². The zero-order chi connectivity index (χ0) is 12.7. The molecule has 5 heteroatoms. The van der Waals surface area contributed by atoms with Crippen molar-refractivity contribution in [1.82, 2.24) is 0 Å². The largest absolute Gasteiger partial charge is 0.507 e. The number of benzene rings is 1. The van der Waals surface area contributed by atoms with Crippen LogP contribution in [0.4, 0.5) is 0 Å². The third-order valence-corrected chi connectivity index (χ3v) is 3.68. The Labute approximate surface area is 102 Å². The fourth-order valence-electron chi connectivity index (χ4n) is 1.61. The standard InChI is InChI=1S/C12H16O4P/c1-15-12(10-13,8-9-17(14)16-2)11-6-4-3-5-7-11/h3-7,10H,8-9H2,1-2H3/q+1. The lowest BCUT2D eigenvalue weighted by Crippen LogP contribution is -2.31. The monoisotopic (exact) mass is 255 g/mol. The SMILES string of the molecule is CO[P+](=O)CCC(C=O)(OC)c1ccccc1. The average molecular weight is 255 g/mol. The second kappa shape index (κ2) is 6.60. The Balaban J connectivity index is 2.90. The summed E-state index contributed by atoms with van der Waals surface area (Å²) in [6.07, 6.45) is 1.37. The first-order chi connectivity index (χ1) is 8.18. The molecule has 4 nitrogen and oxygen atoms in total. The molecule has 0 aliphatic rings. The van der Waals surface area contributed by atoms with Crippen molar-refractivity contribution in [1.29, 1.82) is 0 Å². The van der Waals surface area contributed by atoms with E-state index in [1.54, 1.807) is 0 Å². The van der Waals surface area contributed by atoms with Crippen molar-refractivity contribution >= 4 is 14.3 Å². The minimum absolute atomic E-state index is 0.285. The fraction of sp³-hybridized carbons (Fsp3) is 0.417. The maximum atomic E-state index is 11.3. The van der Waals surface area contributed by atoms with Gasteiger partial charge in [0.2, 0.25) is 0 Å². The second-order valence-electron chi connectivity index (χ2n) is 3.57. The maximum absolute atomic E-state index is 11.3. The highest BCUT2D eigenvalue weighted by molar-refractivity contribution is 7.39. The number of aldehydes is 1. The molecule has 1 aromatic rings. The Morgan fingerprint density at radius 3 is 2.41 bits per heavy atom. The number of carbonyl (C=O) groups excluding carboxylic acids is 1. The van der Waals surface area contributed by atoms with Crippen LogP contribution < -0.4 is 0 Å². The van der Waals surface area contributed by atoms with E-state index in [2.05, 4.69) is 0 Å². The first-order valence-electron chi connectivity index (χ1n) is 5.24. The first kappa shape index (κ1) is 14.0. The van der Waals surface area contributed by atoms with Crippen molar-refractivity contribution in [3.05, 3.63) is 35.9 Å². The molecule has 0 bridgehead atoms. The van der Waals surface area contributed by atoms with Gasteiger partial charge in [0.15, 0.2) is 18.0 Å². The highest BCUT2D eigenvalue weighted by atomic mass is 31.1. The zero-order valence-electron chi connectivity index (χ0n) is 9.96. The van der Waals surface area contributed by atoms with Crippen LogP contribution in [0.3, 0.4) is 0 Å². The Morgan fingerprint density at radius 1 is 1.29 bits per heavy atom. The van der Waals surface area contributed by atoms with Crippen molar-refractivity contribution in [2.24, 2.45) is 0 Å². The molecule has 0 heterocycles. The summed E-state index contributed by atoms with van der Waals surface area (Å²) in [6.45, 7) is 0. The summed E-state index contributed by atoms with van der Waals surface area (Å²) in [5, 5.41) is 0. The zero-order valence-corrected chi connectivity index (χ0v) is 10.9.